The highest BCUT2D eigenvalue weighted by atomic mass is 16.5. The largest absolute Gasteiger partial charge is 0.481 e. The van der Waals surface area contributed by atoms with Crippen LogP contribution in [0.25, 0.3) is 0 Å². The Kier molecular flexibility index (Phi) is 6.49. The Balaban J connectivity index is 1.81. The maximum absolute atomic E-state index is 12.5. The molecule has 0 spiro atoms. The lowest BCUT2D eigenvalue weighted by Crippen LogP contribution is -2.43. The zero-order valence-corrected chi connectivity index (χ0v) is 12.8. The Morgan fingerprint density at radius 1 is 1.05 bits per heavy atom. The molecule has 1 heterocycles. The van der Waals surface area contributed by atoms with Crippen molar-refractivity contribution in [1.29, 1.82) is 0 Å². The van der Waals surface area contributed by atoms with Gasteiger partial charge in [-0.2, -0.15) is 0 Å². The molecule has 2 aliphatic rings. The van der Waals surface area contributed by atoms with E-state index in [4.69, 9.17) is 9.84 Å². The van der Waals surface area contributed by atoms with Crippen LogP contribution in [0.5, 0.6) is 0 Å². The minimum atomic E-state index is -0.783. The lowest BCUT2D eigenvalue weighted by atomic mass is 10.1. The van der Waals surface area contributed by atoms with E-state index < -0.39 is 5.97 Å². The van der Waals surface area contributed by atoms with Gasteiger partial charge in [-0.25, -0.2) is 0 Å². The van der Waals surface area contributed by atoms with Gasteiger partial charge < -0.3 is 14.7 Å². The van der Waals surface area contributed by atoms with Crippen molar-refractivity contribution in [3.05, 3.63) is 0 Å². The summed E-state index contributed by atoms with van der Waals surface area (Å²) in [5.74, 6) is -0.600. The number of unbranched alkanes of at least 4 members (excludes halogenated alkanes) is 1. The molecule has 5 heteroatoms. The monoisotopic (exact) mass is 297 g/mol. The average Bonchev–Trinajstić information content (AvgIpc) is 3.12. The molecule has 0 aromatic heterocycles. The van der Waals surface area contributed by atoms with Crippen molar-refractivity contribution < 1.29 is 19.4 Å². The maximum Gasteiger partial charge on any atom is 0.303 e. The van der Waals surface area contributed by atoms with Crippen molar-refractivity contribution in [2.75, 3.05) is 13.2 Å². The molecule has 0 bridgehead atoms. The van der Waals surface area contributed by atoms with Crippen LogP contribution >= 0.6 is 0 Å². The van der Waals surface area contributed by atoms with Gasteiger partial charge in [0.25, 0.3) is 0 Å². The summed E-state index contributed by atoms with van der Waals surface area (Å²) in [4.78, 5) is 25.0. The second-order valence-electron chi connectivity index (χ2n) is 6.22. The molecule has 1 atom stereocenters. The molecule has 0 aromatic carbocycles. The smallest absolute Gasteiger partial charge is 0.303 e. The van der Waals surface area contributed by atoms with Gasteiger partial charge in [0.2, 0.25) is 5.91 Å². The fourth-order valence-corrected chi connectivity index (χ4v) is 3.37. The molecule has 5 nitrogen and oxygen atoms in total. The third-order valence-electron chi connectivity index (χ3n) is 4.54. The van der Waals surface area contributed by atoms with Crippen molar-refractivity contribution in [2.45, 2.75) is 76.4 Å². The molecule has 21 heavy (non-hydrogen) atoms. The van der Waals surface area contributed by atoms with E-state index in [1.54, 1.807) is 0 Å². The molecular weight excluding hydrogens is 270 g/mol. The van der Waals surface area contributed by atoms with Crippen molar-refractivity contribution in [2.24, 2.45) is 0 Å². The molecule has 1 amide bonds. The Bertz CT molecular complexity index is 346. The van der Waals surface area contributed by atoms with Gasteiger partial charge in [-0.3, -0.25) is 9.59 Å². The van der Waals surface area contributed by atoms with Gasteiger partial charge in [0, 0.05) is 32.0 Å². The van der Waals surface area contributed by atoms with Crippen LogP contribution in [0.1, 0.15) is 64.2 Å². The Morgan fingerprint density at radius 3 is 2.38 bits per heavy atom. The van der Waals surface area contributed by atoms with Gasteiger partial charge in [0.05, 0.1) is 6.10 Å². The number of carboxylic acid groups (broad SMARTS) is 1. The predicted octanol–water partition coefficient (Wildman–Crippen LogP) is 2.58. The molecular formula is C16H27NO4. The highest BCUT2D eigenvalue weighted by Gasteiger charge is 2.29. The van der Waals surface area contributed by atoms with E-state index in [1.165, 1.54) is 12.8 Å². The minimum absolute atomic E-state index is 0.155. The zero-order chi connectivity index (χ0) is 15.1. The third-order valence-corrected chi connectivity index (χ3v) is 4.54. The van der Waals surface area contributed by atoms with Crippen LogP contribution in [0.3, 0.4) is 0 Å². The van der Waals surface area contributed by atoms with Crippen LogP contribution in [0.2, 0.25) is 0 Å². The topological polar surface area (TPSA) is 66.8 Å². The number of hydrogen-bond donors (Lipinski definition) is 1. The first-order valence-corrected chi connectivity index (χ1v) is 8.29. The number of hydrogen-bond acceptors (Lipinski definition) is 3. The Labute approximate surface area is 126 Å². The van der Waals surface area contributed by atoms with Crippen LogP contribution < -0.4 is 0 Å². The number of nitrogens with zero attached hydrogens (tertiary/aromatic N) is 1. The first kappa shape index (κ1) is 16.3. The number of rotatable bonds is 8. The summed E-state index contributed by atoms with van der Waals surface area (Å²) < 4.78 is 5.68. The van der Waals surface area contributed by atoms with E-state index in [9.17, 15) is 9.59 Å². The lowest BCUT2D eigenvalue weighted by molar-refractivity contribution is -0.138. The van der Waals surface area contributed by atoms with Crippen LogP contribution in [-0.4, -0.2) is 47.2 Å². The molecule has 120 valence electrons. The first-order chi connectivity index (χ1) is 10.2. The minimum Gasteiger partial charge on any atom is -0.481 e. The van der Waals surface area contributed by atoms with E-state index in [0.29, 0.717) is 25.3 Å². The summed E-state index contributed by atoms with van der Waals surface area (Å²) in [6, 6.07) is 0.376. The van der Waals surface area contributed by atoms with Gasteiger partial charge in [-0.1, -0.05) is 12.8 Å². The van der Waals surface area contributed by atoms with E-state index in [1.807, 2.05) is 4.90 Å². The van der Waals surface area contributed by atoms with Crippen molar-refractivity contribution in [3.63, 3.8) is 0 Å². The third kappa shape index (κ3) is 5.30. The highest BCUT2D eigenvalue weighted by molar-refractivity contribution is 5.76. The molecule has 2 fully saturated rings. The van der Waals surface area contributed by atoms with Crippen LogP contribution in [0.4, 0.5) is 0 Å². The SMILES string of the molecule is O=C(O)CCCCC(=O)N(CC1CCCO1)C1CCCC1. The van der Waals surface area contributed by atoms with E-state index in [-0.39, 0.29) is 18.4 Å². The van der Waals surface area contributed by atoms with E-state index in [0.717, 1.165) is 38.8 Å². The number of carboxylic acids is 1. The second-order valence-corrected chi connectivity index (χ2v) is 6.22. The molecule has 1 N–H and O–H groups in total. The first-order valence-electron chi connectivity index (χ1n) is 8.29. The Hall–Kier alpha value is -1.10. The molecule has 2 rings (SSSR count). The predicted molar refractivity (Wildman–Crippen MR) is 79.0 cm³/mol. The number of ether oxygens (including phenoxy) is 1. The fraction of sp³-hybridized carbons (Fsp3) is 0.875. The van der Waals surface area contributed by atoms with Gasteiger partial charge in [-0.05, 0) is 38.5 Å². The number of carbonyl (C=O) groups is 2. The maximum atomic E-state index is 12.5. The standard InChI is InChI=1S/C16H27NO4/c18-15(9-3-4-10-16(19)20)17(13-6-1-2-7-13)12-14-8-5-11-21-14/h13-14H,1-12H2,(H,19,20). The van der Waals surface area contributed by atoms with Gasteiger partial charge >= 0.3 is 5.97 Å². The molecule has 1 aliphatic carbocycles. The highest BCUT2D eigenvalue weighted by Crippen LogP contribution is 2.26. The molecule has 0 radical (unpaired) electrons. The number of aliphatic carboxylic acids is 1. The van der Waals surface area contributed by atoms with E-state index in [2.05, 4.69) is 0 Å². The Morgan fingerprint density at radius 2 is 1.76 bits per heavy atom. The molecule has 0 aromatic rings. The van der Waals surface area contributed by atoms with Gasteiger partial charge in [0.15, 0.2) is 0 Å². The van der Waals surface area contributed by atoms with Crippen LogP contribution in [-0.2, 0) is 14.3 Å². The lowest BCUT2D eigenvalue weighted by Gasteiger charge is -2.31. The fourth-order valence-electron chi connectivity index (χ4n) is 3.37. The van der Waals surface area contributed by atoms with Crippen LogP contribution in [0, 0.1) is 0 Å². The van der Waals surface area contributed by atoms with Crippen molar-refractivity contribution in [1.82, 2.24) is 4.90 Å². The van der Waals surface area contributed by atoms with Gasteiger partial charge in [-0.15, -0.1) is 0 Å². The average molecular weight is 297 g/mol. The van der Waals surface area contributed by atoms with Crippen molar-refractivity contribution in [3.8, 4) is 0 Å². The van der Waals surface area contributed by atoms with E-state index >= 15 is 0 Å². The zero-order valence-electron chi connectivity index (χ0n) is 12.8. The summed E-state index contributed by atoms with van der Waals surface area (Å²) in [5, 5.41) is 8.64. The molecule has 1 saturated carbocycles. The summed E-state index contributed by atoms with van der Waals surface area (Å²) in [6.45, 7) is 1.54. The van der Waals surface area contributed by atoms with Gasteiger partial charge in [0.1, 0.15) is 0 Å². The van der Waals surface area contributed by atoms with Crippen molar-refractivity contribution >= 4 is 11.9 Å². The molecule has 1 unspecified atom stereocenters. The second kappa shape index (κ2) is 8.37. The van der Waals surface area contributed by atoms with Crippen LogP contribution in [0.15, 0.2) is 0 Å². The quantitative estimate of drug-likeness (QED) is 0.699. The number of amides is 1. The summed E-state index contributed by atoms with van der Waals surface area (Å²) >= 11 is 0. The summed E-state index contributed by atoms with van der Waals surface area (Å²) in [7, 11) is 0. The number of carbonyl (C=O) groups excluding carboxylic acids is 1. The summed E-state index contributed by atoms with van der Waals surface area (Å²) in [6.07, 6.45) is 8.84. The summed E-state index contributed by atoms with van der Waals surface area (Å²) in [5.41, 5.74) is 0. The molecule has 1 saturated heterocycles. The normalized spacial score (nSPS) is 22.6. The molecule has 1 aliphatic heterocycles.